The molecule has 1 unspecified atom stereocenters. The lowest BCUT2D eigenvalue weighted by molar-refractivity contribution is -0.156. The average Bonchev–Trinajstić information content (AvgIpc) is 2.86. The number of carbonyl (C=O) groups is 4. The van der Waals surface area contributed by atoms with Gasteiger partial charge in [0.15, 0.2) is 11.5 Å². The van der Waals surface area contributed by atoms with E-state index in [0.29, 0.717) is 12.0 Å². The van der Waals surface area contributed by atoms with E-state index in [1.807, 2.05) is 48.5 Å². The zero-order valence-corrected chi connectivity index (χ0v) is 27.4. The summed E-state index contributed by atoms with van der Waals surface area (Å²) in [5.74, 6) is -0.971. The van der Waals surface area contributed by atoms with Gasteiger partial charge < -0.3 is 38.9 Å². The van der Waals surface area contributed by atoms with Gasteiger partial charge in [-0.3, -0.25) is 4.79 Å². The van der Waals surface area contributed by atoms with Crippen molar-refractivity contribution in [2.24, 2.45) is 16.6 Å². The molecule has 0 aromatic heterocycles. The van der Waals surface area contributed by atoms with E-state index in [4.69, 9.17) is 38.9 Å². The number of ether oxygens (including phenoxy) is 7. The summed E-state index contributed by atoms with van der Waals surface area (Å²) in [5, 5.41) is 0. The van der Waals surface area contributed by atoms with Crippen LogP contribution in [-0.2, 0) is 34.9 Å². The molecule has 0 aliphatic carbocycles. The summed E-state index contributed by atoms with van der Waals surface area (Å²) in [4.78, 5) is 49.5. The molecule has 43 heavy (non-hydrogen) atoms. The van der Waals surface area contributed by atoms with Crippen LogP contribution >= 0.6 is 0 Å². The number of hydrogen-bond acceptors (Lipinski definition) is 12. The molecular weight excluding hydrogens is 562 g/mol. The molecule has 3 atom stereocenters. The maximum atomic E-state index is 12.7. The Hall–Kier alpha value is -3.54. The number of esters is 1. The molecule has 0 aliphatic rings. The number of rotatable bonds is 12. The number of benzene rings is 1. The highest BCUT2D eigenvalue weighted by Crippen LogP contribution is 2.30. The third-order valence-electron chi connectivity index (χ3n) is 5.86. The smallest absolute Gasteiger partial charge is 0.458 e. The molecule has 0 saturated heterocycles. The van der Waals surface area contributed by atoms with Crippen molar-refractivity contribution in [3.05, 3.63) is 23.8 Å². The molecule has 0 radical (unpaired) electrons. The standard InChI is InChI=1S/C31H49NO11/c1-12-31(10,11)43-28(36)40-20(3)19(2)39-25(33)22(32)15-21-13-14-23(41-26(34)37-17-29(4,5)6)24(16-21)42-27(35)38-18-30(7,8)9/h13-14,16,19-20,22H,12,15,17-18,32H2,1-11H3/t19-,20?,22-/m0/s1. The highest BCUT2D eigenvalue weighted by atomic mass is 16.8. The van der Waals surface area contributed by atoms with Gasteiger partial charge in [0.05, 0.1) is 13.2 Å². The molecule has 1 aromatic carbocycles. The molecule has 1 rings (SSSR count). The first-order valence-electron chi connectivity index (χ1n) is 14.3. The summed E-state index contributed by atoms with van der Waals surface area (Å²) >= 11 is 0. The highest BCUT2D eigenvalue weighted by molar-refractivity contribution is 5.76. The second kappa shape index (κ2) is 15.8. The summed E-state index contributed by atoms with van der Waals surface area (Å²) in [6, 6.07) is 3.22. The van der Waals surface area contributed by atoms with E-state index < -0.39 is 48.3 Å². The Balaban J connectivity index is 2.96. The molecule has 0 bridgehead atoms. The lowest BCUT2D eigenvalue weighted by Crippen LogP contribution is -2.40. The monoisotopic (exact) mass is 611 g/mol. The minimum absolute atomic E-state index is 0.0182. The van der Waals surface area contributed by atoms with Crippen molar-refractivity contribution in [2.75, 3.05) is 13.2 Å². The van der Waals surface area contributed by atoms with Gasteiger partial charge in [0, 0.05) is 0 Å². The molecule has 0 heterocycles. The van der Waals surface area contributed by atoms with Crippen molar-refractivity contribution < 1.29 is 52.3 Å². The van der Waals surface area contributed by atoms with Gasteiger partial charge in [0.1, 0.15) is 23.9 Å². The Labute approximate surface area is 254 Å². The van der Waals surface area contributed by atoms with E-state index in [9.17, 15) is 19.2 Å². The summed E-state index contributed by atoms with van der Waals surface area (Å²) in [7, 11) is 0. The van der Waals surface area contributed by atoms with E-state index >= 15 is 0 Å². The summed E-state index contributed by atoms with van der Waals surface area (Å²) in [6.07, 6.45) is -3.90. The largest absolute Gasteiger partial charge is 0.513 e. The fraction of sp³-hybridized carbons (Fsp3) is 0.677. The SMILES string of the molecule is CCC(C)(C)OC(=O)OC(C)[C@H](C)OC(=O)[C@@H](N)Cc1ccc(OC(=O)OCC(C)(C)C)c(OC(=O)OCC(C)(C)C)c1. The first-order chi connectivity index (χ1) is 19.6. The maximum Gasteiger partial charge on any atom is 0.513 e. The van der Waals surface area contributed by atoms with Crippen molar-refractivity contribution in [3.8, 4) is 11.5 Å². The molecule has 12 heteroatoms. The quantitative estimate of drug-likeness (QED) is 0.159. The second-order valence-electron chi connectivity index (χ2n) is 13.4. The number of nitrogens with two attached hydrogens (primary N) is 1. The third kappa shape index (κ3) is 15.5. The molecular formula is C31H49NO11. The molecule has 244 valence electrons. The zero-order chi connectivity index (χ0) is 33.2. The summed E-state index contributed by atoms with van der Waals surface area (Å²) in [5.41, 5.74) is 5.28. The summed E-state index contributed by atoms with van der Waals surface area (Å²) in [6.45, 7) is 20.0. The second-order valence-corrected chi connectivity index (χ2v) is 13.4. The van der Waals surface area contributed by atoms with Gasteiger partial charge in [-0.05, 0) is 69.1 Å². The topological polar surface area (TPSA) is 159 Å². The molecule has 2 N–H and O–H groups in total. The van der Waals surface area contributed by atoms with Crippen molar-refractivity contribution in [2.45, 2.75) is 113 Å². The maximum absolute atomic E-state index is 12.7. The number of hydrogen-bond donors (Lipinski definition) is 1. The van der Waals surface area contributed by atoms with Crippen LogP contribution in [0.25, 0.3) is 0 Å². The molecule has 0 fully saturated rings. The van der Waals surface area contributed by atoms with Crippen molar-refractivity contribution in [1.29, 1.82) is 0 Å². The first-order valence-corrected chi connectivity index (χ1v) is 14.3. The van der Waals surface area contributed by atoms with Crippen LogP contribution in [0.1, 0.15) is 88.1 Å². The van der Waals surface area contributed by atoms with Crippen molar-refractivity contribution >= 4 is 24.4 Å². The Kier molecular flexibility index (Phi) is 13.8. The normalized spacial score (nSPS) is 14.0. The number of carbonyl (C=O) groups excluding carboxylic acids is 4. The van der Waals surface area contributed by atoms with Gasteiger partial charge in [0.25, 0.3) is 0 Å². The van der Waals surface area contributed by atoms with E-state index in [-0.39, 0.29) is 42.0 Å². The van der Waals surface area contributed by atoms with Crippen LogP contribution in [0.15, 0.2) is 18.2 Å². The van der Waals surface area contributed by atoms with Gasteiger partial charge in [-0.2, -0.15) is 0 Å². The Morgan fingerprint density at radius 3 is 1.72 bits per heavy atom. The predicted molar refractivity (Wildman–Crippen MR) is 158 cm³/mol. The molecule has 0 spiro atoms. The molecule has 0 saturated carbocycles. The van der Waals surface area contributed by atoms with Gasteiger partial charge in [-0.15, -0.1) is 0 Å². The van der Waals surface area contributed by atoms with Gasteiger partial charge in [-0.25, -0.2) is 14.4 Å². The fourth-order valence-electron chi connectivity index (χ4n) is 2.91. The Bertz CT molecular complexity index is 1100. The van der Waals surface area contributed by atoms with E-state index in [2.05, 4.69) is 0 Å². The molecule has 1 aromatic rings. The van der Waals surface area contributed by atoms with Crippen LogP contribution in [0.2, 0.25) is 0 Å². The highest BCUT2D eigenvalue weighted by Gasteiger charge is 2.28. The van der Waals surface area contributed by atoms with Crippen LogP contribution < -0.4 is 15.2 Å². The van der Waals surface area contributed by atoms with Crippen LogP contribution in [0, 0.1) is 10.8 Å². The van der Waals surface area contributed by atoms with Crippen molar-refractivity contribution in [3.63, 3.8) is 0 Å². The summed E-state index contributed by atoms with van der Waals surface area (Å²) < 4.78 is 36.8. The van der Waals surface area contributed by atoms with Crippen LogP contribution in [0.3, 0.4) is 0 Å². The van der Waals surface area contributed by atoms with E-state index in [0.717, 1.165) is 0 Å². The van der Waals surface area contributed by atoms with E-state index in [1.165, 1.54) is 12.1 Å². The van der Waals surface area contributed by atoms with Gasteiger partial charge >= 0.3 is 24.4 Å². The minimum atomic E-state index is -1.12. The predicted octanol–water partition coefficient (Wildman–Crippen LogP) is 6.34. The van der Waals surface area contributed by atoms with Crippen molar-refractivity contribution in [1.82, 2.24) is 0 Å². The molecule has 0 amide bonds. The lowest BCUT2D eigenvalue weighted by atomic mass is 9.99. The van der Waals surface area contributed by atoms with E-state index in [1.54, 1.807) is 33.8 Å². The minimum Gasteiger partial charge on any atom is -0.458 e. The van der Waals surface area contributed by atoms with Crippen LogP contribution in [0.4, 0.5) is 14.4 Å². The Morgan fingerprint density at radius 2 is 1.23 bits per heavy atom. The molecule has 0 aliphatic heterocycles. The zero-order valence-electron chi connectivity index (χ0n) is 27.4. The average molecular weight is 612 g/mol. The fourth-order valence-corrected chi connectivity index (χ4v) is 2.91. The lowest BCUT2D eigenvalue weighted by Gasteiger charge is -2.26. The van der Waals surface area contributed by atoms with Gasteiger partial charge in [-0.1, -0.05) is 54.5 Å². The third-order valence-corrected chi connectivity index (χ3v) is 5.86. The van der Waals surface area contributed by atoms with Crippen LogP contribution in [-0.4, -0.2) is 61.5 Å². The molecule has 12 nitrogen and oxygen atoms in total. The van der Waals surface area contributed by atoms with Crippen LogP contribution in [0.5, 0.6) is 11.5 Å². The van der Waals surface area contributed by atoms with Gasteiger partial charge in [0.2, 0.25) is 0 Å². The Morgan fingerprint density at radius 1 is 0.744 bits per heavy atom. The first kappa shape index (κ1) is 37.5.